The van der Waals surface area contributed by atoms with E-state index in [0.29, 0.717) is 16.9 Å². The van der Waals surface area contributed by atoms with Crippen molar-refractivity contribution in [3.63, 3.8) is 0 Å². The fraction of sp³-hybridized carbons (Fsp3) is 0.152. The lowest BCUT2D eigenvalue weighted by Gasteiger charge is -2.24. The predicted molar refractivity (Wildman–Crippen MR) is 207 cm³/mol. The first-order valence-electron chi connectivity index (χ1n) is 18.6. The van der Waals surface area contributed by atoms with Crippen LogP contribution in [0.25, 0.3) is 82.7 Å². The van der Waals surface area contributed by atoms with Crippen LogP contribution in [0, 0.1) is 6.85 Å². The monoisotopic (exact) mass is 637 g/mol. The van der Waals surface area contributed by atoms with Crippen LogP contribution in [-0.2, 0) is 0 Å². The Morgan fingerprint density at radius 2 is 1.33 bits per heavy atom. The third-order valence-electron chi connectivity index (χ3n) is 10.0. The van der Waals surface area contributed by atoms with Gasteiger partial charge in [-0.3, -0.25) is 4.57 Å². The van der Waals surface area contributed by atoms with E-state index in [-0.39, 0.29) is 17.4 Å². The molecule has 0 aliphatic heterocycles. The Bertz CT molecular complexity index is 2810. The zero-order valence-corrected chi connectivity index (χ0v) is 28.1. The smallest absolute Gasteiger partial charge is 0.149 e. The van der Waals surface area contributed by atoms with Gasteiger partial charge in [-0.1, -0.05) is 119 Å². The second-order valence-electron chi connectivity index (χ2n) is 13.8. The van der Waals surface area contributed by atoms with Gasteiger partial charge in [0.1, 0.15) is 17.0 Å². The number of imidazole rings is 1. The summed E-state index contributed by atoms with van der Waals surface area (Å²) in [6.07, 6.45) is 0. The second-order valence-corrected chi connectivity index (χ2v) is 13.8. The van der Waals surface area contributed by atoms with E-state index in [1.165, 1.54) is 10.8 Å². The van der Waals surface area contributed by atoms with Gasteiger partial charge >= 0.3 is 0 Å². The summed E-state index contributed by atoms with van der Waals surface area (Å²) in [5.41, 5.74) is 9.34. The number of aromatic nitrogens is 2. The van der Waals surface area contributed by atoms with Crippen molar-refractivity contribution in [3.05, 3.63) is 144 Å². The molecule has 3 nitrogen and oxygen atoms in total. The number of rotatable bonds is 5. The lowest BCUT2D eigenvalue weighted by Crippen LogP contribution is -2.10. The minimum Gasteiger partial charge on any atom is -0.455 e. The van der Waals surface area contributed by atoms with Gasteiger partial charge < -0.3 is 4.42 Å². The van der Waals surface area contributed by atoms with Crippen molar-refractivity contribution in [1.82, 2.24) is 9.55 Å². The number of nitrogens with zero attached hydrogens (tertiary/aromatic N) is 2. The van der Waals surface area contributed by atoms with Crippen LogP contribution in [-0.4, -0.2) is 9.55 Å². The van der Waals surface area contributed by atoms with Gasteiger partial charge in [0.15, 0.2) is 0 Å². The van der Waals surface area contributed by atoms with Gasteiger partial charge in [-0.15, -0.1) is 0 Å². The van der Waals surface area contributed by atoms with Crippen LogP contribution in [0.4, 0.5) is 0 Å². The van der Waals surface area contributed by atoms with Gasteiger partial charge in [-0.2, -0.15) is 0 Å². The van der Waals surface area contributed by atoms with Crippen molar-refractivity contribution < 1.29 is 8.53 Å². The number of aryl methyl sites for hydroxylation is 1. The van der Waals surface area contributed by atoms with Crippen molar-refractivity contribution in [1.29, 1.82) is 0 Å². The van der Waals surface area contributed by atoms with Crippen LogP contribution in [0.2, 0.25) is 0 Å². The molecule has 0 N–H and O–H groups in total. The van der Waals surface area contributed by atoms with Crippen molar-refractivity contribution in [2.75, 3.05) is 0 Å². The van der Waals surface area contributed by atoms with E-state index < -0.39 is 6.85 Å². The maximum atomic E-state index is 8.66. The first-order chi connectivity index (χ1) is 25.1. The molecule has 0 aliphatic carbocycles. The first kappa shape index (κ1) is 26.3. The molecule has 9 aromatic rings. The molecule has 0 amide bonds. The summed E-state index contributed by atoms with van der Waals surface area (Å²) in [6, 6.07) is 43.8. The maximum absolute atomic E-state index is 8.66. The Labute approximate surface area is 290 Å². The Hall–Kier alpha value is -5.67. The Kier molecular flexibility index (Phi) is 6.01. The zero-order valence-electron chi connectivity index (χ0n) is 31.1. The van der Waals surface area contributed by atoms with Crippen molar-refractivity contribution in [2.45, 2.75) is 46.4 Å². The molecule has 0 unspecified atom stereocenters. The van der Waals surface area contributed by atoms with Crippen LogP contribution in [0.3, 0.4) is 0 Å². The molecule has 0 atom stereocenters. The van der Waals surface area contributed by atoms with E-state index in [0.717, 1.165) is 66.2 Å². The molecule has 0 spiro atoms. The quantitative estimate of drug-likeness (QED) is 0.176. The SMILES string of the molecule is [2H]C([2H])([2H])c1cccc2nc(-c3cccc4c3oc3cc5c(ccc6ccccc65)cc34)n(-c3c(C(C)C)cc(-c4ccccc4)cc3C(C)C)c12. The fourth-order valence-electron chi connectivity index (χ4n) is 7.62. The summed E-state index contributed by atoms with van der Waals surface area (Å²) in [6.45, 7) is 6.46. The largest absolute Gasteiger partial charge is 0.455 e. The third-order valence-corrected chi connectivity index (χ3v) is 10.0. The molecule has 0 saturated carbocycles. The average Bonchev–Trinajstić information content (AvgIpc) is 3.71. The Morgan fingerprint density at radius 3 is 2.10 bits per heavy atom. The topological polar surface area (TPSA) is 31.0 Å². The number of furan rings is 1. The average molecular weight is 638 g/mol. The molecule has 238 valence electrons. The van der Waals surface area contributed by atoms with E-state index >= 15 is 0 Å². The number of hydrogen-bond donors (Lipinski definition) is 0. The standard InChI is InChI=1S/C46H38N2O/c1-27(2)37-24-33(30-14-7-6-8-15-30)25-38(28(3)4)44(37)48-43-29(5)13-11-20-41(43)47-46(48)36-19-12-18-35-40-23-32-22-21-31-16-9-10-17-34(31)39(32)26-42(40)49-45(35)36/h6-28H,1-5H3/i5D3. The van der Waals surface area contributed by atoms with E-state index in [4.69, 9.17) is 13.5 Å². The van der Waals surface area contributed by atoms with Gasteiger partial charge in [-0.25, -0.2) is 4.98 Å². The molecular weight excluding hydrogens is 597 g/mol. The highest BCUT2D eigenvalue weighted by molar-refractivity contribution is 6.17. The number of para-hydroxylation sites is 2. The van der Waals surface area contributed by atoms with Crippen LogP contribution in [0.15, 0.2) is 132 Å². The lowest BCUT2D eigenvalue weighted by atomic mass is 9.88. The Balaban J connectivity index is 1.40. The van der Waals surface area contributed by atoms with Gasteiger partial charge in [0.25, 0.3) is 0 Å². The van der Waals surface area contributed by atoms with Gasteiger partial charge in [-0.05, 0) is 104 Å². The van der Waals surface area contributed by atoms with E-state index in [9.17, 15) is 0 Å². The summed E-state index contributed by atoms with van der Waals surface area (Å²) < 4.78 is 34.9. The van der Waals surface area contributed by atoms with Crippen LogP contribution >= 0.6 is 0 Å². The molecule has 2 aromatic heterocycles. The summed E-state index contributed by atoms with van der Waals surface area (Å²) in [5.74, 6) is 0.916. The molecule has 2 heterocycles. The van der Waals surface area contributed by atoms with E-state index in [2.05, 4.69) is 135 Å². The molecule has 0 bridgehead atoms. The molecule has 0 aliphatic rings. The molecule has 0 fully saturated rings. The zero-order chi connectivity index (χ0) is 35.9. The van der Waals surface area contributed by atoms with Gasteiger partial charge in [0, 0.05) is 14.9 Å². The number of fused-ring (bicyclic) bond motifs is 7. The molecule has 9 rings (SSSR count). The lowest BCUT2D eigenvalue weighted by molar-refractivity contribution is 0.670. The fourth-order valence-corrected chi connectivity index (χ4v) is 7.62. The van der Waals surface area contributed by atoms with Crippen LogP contribution < -0.4 is 0 Å². The minimum atomic E-state index is -2.36. The molecule has 49 heavy (non-hydrogen) atoms. The summed E-state index contributed by atoms with van der Waals surface area (Å²) in [4.78, 5) is 5.28. The minimum absolute atomic E-state index is 0.130. The van der Waals surface area contributed by atoms with Crippen molar-refractivity contribution >= 4 is 54.5 Å². The maximum Gasteiger partial charge on any atom is 0.149 e. The van der Waals surface area contributed by atoms with E-state index in [1.54, 1.807) is 12.1 Å². The molecule has 0 saturated heterocycles. The third kappa shape index (κ3) is 4.60. The van der Waals surface area contributed by atoms with Crippen LogP contribution in [0.5, 0.6) is 0 Å². The highest BCUT2D eigenvalue weighted by atomic mass is 16.3. The van der Waals surface area contributed by atoms with E-state index in [1.807, 2.05) is 12.1 Å². The molecule has 0 radical (unpaired) electrons. The number of hydrogen-bond acceptors (Lipinski definition) is 2. The summed E-state index contributed by atoms with van der Waals surface area (Å²) >= 11 is 0. The predicted octanol–water partition coefficient (Wildman–Crippen LogP) is 13.1. The Morgan fingerprint density at radius 1 is 0.612 bits per heavy atom. The summed E-state index contributed by atoms with van der Waals surface area (Å²) in [5, 5.41) is 6.68. The molecule has 7 aromatic carbocycles. The number of benzene rings is 7. The van der Waals surface area contributed by atoms with Crippen molar-refractivity contribution in [3.8, 4) is 28.2 Å². The highest BCUT2D eigenvalue weighted by Gasteiger charge is 2.26. The normalized spacial score (nSPS) is 13.3. The van der Waals surface area contributed by atoms with Crippen LogP contribution in [0.1, 0.15) is 60.3 Å². The first-order valence-corrected chi connectivity index (χ1v) is 17.1. The van der Waals surface area contributed by atoms with Gasteiger partial charge in [0.05, 0.1) is 22.3 Å². The molecule has 3 heteroatoms. The van der Waals surface area contributed by atoms with Crippen molar-refractivity contribution in [2.24, 2.45) is 0 Å². The second kappa shape index (κ2) is 11.2. The van der Waals surface area contributed by atoms with Gasteiger partial charge in [0.2, 0.25) is 0 Å². The summed E-state index contributed by atoms with van der Waals surface area (Å²) in [7, 11) is 0. The highest BCUT2D eigenvalue weighted by Crippen LogP contribution is 2.44. The molecular formula is C46H38N2O.